The highest BCUT2D eigenvalue weighted by Crippen LogP contribution is 2.24. The zero-order valence-electron chi connectivity index (χ0n) is 16.7. The number of hydrogen-bond acceptors (Lipinski definition) is 4. The summed E-state index contributed by atoms with van der Waals surface area (Å²) >= 11 is 1.64. The van der Waals surface area contributed by atoms with Crippen LogP contribution in [0, 0.1) is 19.8 Å². The molecule has 0 radical (unpaired) electrons. The molecule has 0 aliphatic carbocycles. The molecule has 146 valence electrons. The quantitative estimate of drug-likeness (QED) is 0.749. The summed E-state index contributed by atoms with van der Waals surface area (Å²) in [5.41, 5.74) is 9.25. The number of carbonyl (C=O) groups excluding carboxylic acids is 1. The van der Waals surface area contributed by atoms with Crippen molar-refractivity contribution >= 4 is 39.9 Å². The first-order valence-corrected chi connectivity index (χ1v) is 10.4. The van der Waals surface area contributed by atoms with Crippen LogP contribution in [0.25, 0.3) is 0 Å². The number of nitrogens with one attached hydrogen (secondary N) is 2. The Bertz CT molecular complexity index is 917. The largest absolute Gasteiger partial charge is 0.326 e. The number of carbonyl (C=O) groups is 1. The molecule has 1 amide bonds. The Morgan fingerprint density at radius 3 is 2.61 bits per heavy atom. The second-order valence-corrected chi connectivity index (χ2v) is 8.28. The fourth-order valence-corrected chi connectivity index (χ4v) is 3.59. The van der Waals surface area contributed by atoms with Gasteiger partial charge < -0.3 is 5.32 Å². The molecule has 0 bridgehead atoms. The van der Waals surface area contributed by atoms with Gasteiger partial charge in [-0.15, -0.1) is 0 Å². The van der Waals surface area contributed by atoms with Crippen molar-refractivity contribution in [1.82, 2.24) is 5.43 Å². The summed E-state index contributed by atoms with van der Waals surface area (Å²) in [4.78, 5) is 16.6. The normalized spacial score (nSPS) is 15.3. The lowest BCUT2D eigenvalue weighted by atomic mass is 10.1. The third kappa shape index (κ3) is 5.23. The number of rotatable bonds is 5. The summed E-state index contributed by atoms with van der Waals surface area (Å²) in [6, 6.07) is 13.9. The average Bonchev–Trinajstić information content (AvgIpc) is 2.66. The molecule has 0 saturated heterocycles. The first kappa shape index (κ1) is 20.1. The van der Waals surface area contributed by atoms with Gasteiger partial charge in [-0.25, -0.2) is 4.99 Å². The molecule has 1 aliphatic heterocycles. The summed E-state index contributed by atoms with van der Waals surface area (Å²) in [5.74, 6) is 1.14. The fraction of sp³-hybridized carbons (Fsp3) is 0.318. The maximum atomic E-state index is 11.9. The van der Waals surface area contributed by atoms with Crippen LogP contribution in [0.5, 0.6) is 0 Å². The SMILES string of the molecule is Cc1cccc(N=C2NN=C(c3ccc(NC(=O)CC(C)C)cc3)CS2)c1C. The monoisotopic (exact) mass is 394 g/mol. The van der Waals surface area contributed by atoms with Crippen LogP contribution >= 0.6 is 11.8 Å². The lowest BCUT2D eigenvalue weighted by Crippen LogP contribution is -2.25. The van der Waals surface area contributed by atoms with Gasteiger partial charge in [-0.05, 0) is 54.7 Å². The zero-order chi connectivity index (χ0) is 20.1. The molecule has 2 aromatic carbocycles. The lowest BCUT2D eigenvalue weighted by molar-refractivity contribution is -0.116. The lowest BCUT2D eigenvalue weighted by Gasteiger charge is -2.16. The van der Waals surface area contributed by atoms with Gasteiger partial charge in [0.1, 0.15) is 0 Å². The van der Waals surface area contributed by atoms with E-state index in [1.807, 2.05) is 50.2 Å². The van der Waals surface area contributed by atoms with Crippen LogP contribution in [0.1, 0.15) is 37.0 Å². The summed E-state index contributed by atoms with van der Waals surface area (Å²) < 4.78 is 0. The molecule has 0 unspecified atom stereocenters. The van der Waals surface area contributed by atoms with Crippen LogP contribution < -0.4 is 10.7 Å². The number of benzene rings is 2. The van der Waals surface area contributed by atoms with E-state index < -0.39 is 0 Å². The van der Waals surface area contributed by atoms with Gasteiger partial charge >= 0.3 is 0 Å². The molecule has 3 rings (SSSR count). The third-order valence-electron chi connectivity index (χ3n) is 4.53. The highest BCUT2D eigenvalue weighted by Gasteiger charge is 2.14. The topological polar surface area (TPSA) is 65.8 Å². The highest BCUT2D eigenvalue weighted by molar-refractivity contribution is 8.14. The number of aliphatic imine (C=N–C) groups is 1. The summed E-state index contributed by atoms with van der Waals surface area (Å²) in [6.07, 6.45) is 0.525. The van der Waals surface area contributed by atoms with E-state index in [1.54, 1.807) is 11.8 Å². The van der Waals surface area contributed by atoms with E-state index in [2.05, 4.69) is 35.8 Å². The third-order valence-corrected chi connectivity index (χ3v) is 5.40. The predicted molar refractivity (Wildman–Crippen MR) is 120 cm³/mol. The Morgan fingerprint density at radius 2 is 1.96 bits per heavy atom. The van der Waals surface area contributed by atoms with Gasteiger partial charge in [0.25, 0.3) is 0 Å². The number of nitrogens with zero attached hydrogens (tertiary/aromatic N) is 2. The van der Waals surface area contributed by atoms with E-state index in [1.165, 1.54) is 11.1 Å². The summed E-state index contributed by atoms with van der Waals surface area (Å²) in [7, 11) is 0. The van der Waals surface area contributed by atoms with Gasteiger partial charge in [0.2, 0.25) is 5.91 Å². The van der Waals surface area contributed by atoms with Crippen LogP contribution in [0.15, 0.2) is 52.6 Å². The van der Waals surface area contributed by atoms with Gasteiger partial charge in [0.05, 0.1) is 11.4 Å². The van der Waals surface area contributed by atoms with Gasteiger partial charge in [0.15, 0.2) is 5.17 Å². The minimum absolute atomic E-state index is 0.0438. The van der Waals surface area contributed by atoms with Crippen molar-refractivity contribution in [3.05, 3.63) is 59.2 Å². The standard InChI is InChI=1S/C22H26N4OS/c1-14(2)12-21(27)23-18-10-8-17(9-11-18)20-13-28-22(26-25-20)24-19-7-5-6-15(3)16(19)4/h5-11,14H,12-13H2,1-4H3,(H,23,27)(H,24,26). The Balaban J connectivity index is 1.65. The molecule has 0 fully saturated rings. The fourth-order valence-electron chi connectivity index (χ4n) is 2.82. The van der Waals surface area contributed by atoms with Gasteiger partial charge in [-0.2, -0.15) is 5.10 Å². The molecule has 1 heterocycles. The number of hydrazone groups is 1. The van der Waals surface area contributed by atoms with Crippen LogP contribution in [-0.4, -0.2) is 22.5 Å². The van der Waals surface area contributed by atoms with Crippen molar-refractivity contribution in [3.8, 4) is 0 Å². The minimum atomic E-state index is 0.0438. The van der Waals surface area contributed by atoms with Gasteiger partial charge in [-0.1, -0.05) is 49.9 Å². The summed E-state index contributed by atoms with van der Waals surface area (Å²) in [5, 5.41) is 8.22. The van der Waals surface area contributed by atoms with Crippen LogP contribution in [0.2, 0.25) is 0 Å². The zero-order valence-corrected chi connectivity index (χ0v) is 17.6. The van der Waals surface area contributed by atoms with Crippen LogP contribution in [0.4, 0.5) is 11.4 Å². The van der Waals surface area contributed by atoms with E-state index in [0.717, 1.165) is 33.6 Å². The maximum absolute atomic E-state index is 11.9. The van der Waals surface area contributed by atoms with Crippen LogP contribution in [0.3, 0.4) is 0 Å². The predicted octanol–water partition coefficient (Wildman–Crippen LogP) is 5.02. The number of aryl methyl sites for hydroxylation is 1. The molecule has 6 heteroatoms. The highest BCUT2D eigenvalue weighted by atomic mass is 32.2. The maximum Gasteiger partial charge on any atom is 0.224 e. The van der Waals surface area contributed by atoms with E-state index in [4.69, 9.17) is 4.99 Å². The van der Waals surface area contributed by atoms with Crippen molar-refractivity contribution in [2.75, 3.05) is 11.1 Å². The van der Waals surface area contributed by atoms with E-state index in [9.17, 15) is 4.79 Å². The summed E-state index contributed by atoms with van der Waals surface area (Å²) in [6.45, 7) is 8.24. The van der Waals surface area contributed by atoms with Crippen molar-refractivity contribution in [1.29, 1.82) is 0 Å². The molecule has 2 N–H and O–H groups in total. The average molecular weight is 395 g/mol. The second kappa shape index (κ2) is 9.06. The Hall–Kier alpha value is -2.60. The van der Waals surface area contributed by atoms with Crippen molar-refractivity contribution < 1.29 is 4.79 Å². The molecule has 0 aromatic heterocycles. The number of hydrogen-bond donors (Lipinski definition) is 2. The first-order chi connectivity index (χ1) is 13.4. The van der Waals surface area contributed by atoms with Gasteiger partial charge in [0, 0.05) is 17.9 Å². The van der Waals surface area contributed by atoms with Crippen molar-refractivity contribution in [3.63, 3.8) is 0 Å². The van der Waals surface area contributed by atoms with E-state index >= 15 is 0 Å². The smallest absolute Gasteiger partial charge is 0.224 e. The van der Waals surface area contributed by atoms with Crippen molar-refractivity contribution in [2.45, 2.75) is 34.1 Å². The molecule has 28 heavy (non-hydrogen) atoms. The molecule has 5 nitrogen and oxygen atoms in total. The van der Waals surface area contributed by atoms with Crippen LogP contribution in [-0.2, 0) is 4.79 Å². The second-order valence-electron chi connectivity index (χ2n) is 7.32. The molecular formula is C22H26N4OS. The number of anilines is 1. The molecule has 0 atom stereocenters. The molecule has 2 aromatic rings. The van der Waals surface area contributed by atoms with Crippen molar-refractivity contribution in [2.24, 2.45) is 16.0 Å². The number of amidine groups is 1. The van der Waals surface area contributed by atoms with Gasteiger partial charge in [-0.3, -0.25) is 10.2 Å². The molecule has 0 spiro atoms. The molecular weight excluding hydrogens is 368 g/mol. The number of amides is 1. The molecule has 1 aliphatic rings. The first-order valence-electron chi connectivity index (χ1n) is 9.43. The minimum Gasteiger partial charge on any atom is -0.326 e. The Labute approximate surface area is 170 Å². The van der Waals surface area contributed by atoms with E-state index in [0.29, 0.717) is 12.3 Å². The number of thioether (sulfide) groups is 1. The molecule has 0 saturated carbocycles. The Morgan fingerprint density at radius 1 is 1.21 bits per heavy atom. The van der Waals surface area contributed by atoms with E-state index in [-0.39, 0.29) is 5.91 Å². The Kier molecular flexibility index (Phi) is 6.52.